The fourth-order valence-electron chi connectivity index (χ4n) is 5.49. The third-order valence-corrected chi connectivity index (χ3v) is 6.99. The summed E-state index contributed by atoms with van der Waals surface area (Å²) in [6.45, 7) is 6.68. The van der Waals surface area contributed by atoms with Crippen LogP contribution in [0.3, 0.4) is 0 Å². The van der Waals surface area contributed by atoms with Gasteiger partial charge in [0, 0.05) is 39.8 Å². The average molecular weight is 401 g/mol. The number of aromatic amines is 1. The van der Waals surface area contributed by atoms with E-state index in [0.29, 0.717) is 23.4 Å². The largest absolute Gasteiger partial charge is 0.371 e. The van der Waals surface area contributed by atoms with Crippen LogP contribution in [0.15, 0.2) is 11.0 Å². The fourth-order valence-corrected chi connectivity index (χ4v) is 5.49. The predicted octanol–water partition coefficient (Wildman–Crippen LogP) is 1.51. The molecule has 29 heavy (non-hydrogen) atoms. The first-order valence-corrected chi connectivity index (χ1v) is 11.1. The minimum atomic E-state index is -0.111. The van der Waals surface area contributed by atoms with E-state index in [-0.39, 0.29) is 11.2 Å². The second-order valence-corrected chi connectivity index (χ2v) is 9.25. The molecule has 2 aromatic rings. The summed E-state index contributed by atoms with van der Waals surface area (Å²) in [5.74, 6) is 1.58. The Balaban J connectivity index is 1.23. The van der Waals surface area contributed by atoms with Crippen LogP contribution >= 0.6 is 0 Å². The van der Waals surface area contributed by atoms with Crippen LogP contribution in [-0.2, 0) is 18.3 Å². The molecule has 1 saturated carbocycles. The van der Waals surface area contributed by atoms with Crippen molar-refractivity contribution in [1.82, 2.24) is 29.5 Å². The Kier molecular flexibility index (Phi) is 5.17. The molecule has 8 heteroatoms. The van der Waals surface area contributed by atoms with Gasteiger partial charge in [-0.15, -0.1) is 0 Å². The van der Waals surface area contributed by atoms with Crippen molar-refractivity contribution in [3.8, 4) is 0 Å². The van der Waals surface area contributed by atoms with E-state index in [2.05, 4.69) is 24.9 Å². The van der Waals surface area contributed by atoms with Gasteiger partial charge in [0.05, 0.1) is 24.9 Å². The summed E-state index contributed by atoms with van der Waals surface area (Å²) in [4.78, 5) is 24.9. The smallest absolute Gasteiger partial charge is 0.262 e. The van der Waals surface area contributed by atoms with Crippen molar-refractivity contribution in [2.45, 2.75) is 50.7 Å². The third-order valence-electron chi connectivity index (χ3n) is 6.99. The van der Waals surface area contributed by atoms with Crippen molar-refractivity contribution in [3.05, 3.63) is 22.4 Å². The van der Waals surface area contributed by atoms with E-state index in [1.54, 1.807) is 10.9 Å². The summed E-state index contributed by atoms with van der Waals surface area (Å²) in [5, 5.41) is 4.69. The summed E-state index contributed by atoms with van der Waals surface area (Å²) >= 11 is 0. The van der Waals surface area contributed by atoms with Gasteiger partial charge >= 0.3 is 0 Å². The Morgan fingerprint density at radius 1 is 1.21 bits per heavy atom. The van der Waals surface area contributed by atoms with Gasteiger partial charge in [-0.05, 0) is 25.2 Å². The number of hydrogen-bond donors (Lipinski definition) is 1. The van der Waals surface area contributed by atoms with Crippen LogP contribution in [0.1, 0.15) is 44.3 Å². The number of aromatic nitrogens is 4. The number of likely N-dealkylation sites (tertiary alicyclic amines) is 1. The van der Waals surface area contributed by atoms with E-state index in [1.807, 2.05) is 7.05 Å². The van der Waals surface area contributed by atoms with E-state index >= 15 is 0 Å². The summed E-state index contributed by atoms with van der Waals surface area (Å²) in [6, 6.07) is 0. The van der Waals surface area contributed by atoms with Crippen molar-refractivity contribution >= 4 is 11.0 Å². The number of rotatable bonds is 4. The molecular weight excluding hydrogens is 368 g/mol. The Morgan fingerprint density at radius 3 is 2.90 bits per heavy atom. The van der Waals surface area contributed by atoms with Crippen LogP contribution in [0, 0.1) is 5.92 Å². The Bertz CT molecular complexity index is 918. The number of ether oxygens (including phenoxy) is 1. The SMILES string of the molecule is Cn1ncc2c(=O)[nH]c(CN3CCC4(C3)CN(CC3CCCCC3)CCO4)nc21. The van der Waals surface area contributed by atoms with Crippen LogP contribution in [0.25, 0.3) is 11.0 Å². The number of nitrogens with one attached hydrogen (secondary N) is 1. The van der Waals surface area contributed by atoms with E-state index in [9.17, 15) is 4.79 Å². The van der Waals surface area contributed by atoms with Gasteiger partial charge < -0.3 is 9.72 Å². The third kappa shape index (κ3) is 3.98. The highest BCUT2D eigenvalue weighted by atomic mass is 16.5. The van der Waals surface area contributed by atoms with E-state index in [4.69, 9.17) is 4.74 Å². The number of nitrogens with zero attached hydrogens (tertiary/aromatic N) is 5. The molecule has 3 aliphatic rings. The predicted molar refractivity (Wildman–Crippen MR) is 111 cm³/mol. The normalized spacial score (nSPS) is 27.3. The molecule has 2 aromatic heterocycles. The topological polar surface area (TPSA) is 79.3 Å². The molecule has 0 radical (unpaired) electrons. The molecule has 158 valence electrons. The maximum Gasteiger partial charge on any atom is 0.262 e. The minimum absolute atomic E-state index is 0.0656. The molecule has 1 N–H and O–H groups in total. The monoisotopic (exact) mass is 400 g/mol. The summed E-state index contributed by atoms with van der Waals surface area (Å²) in [5.41, 5.74) is 0.467. The highest BCUT2D eigenvalue weighted by molar-refractivity contribution is 5.72. The zero-order valence-electron chi connectivity index (χ0n) is 17.4. The van der Waals surface area contributed by atoms with Crippen molar-refractivity contribution in [3.63, 3.8) is 0 Å². The van der Waals surface area contributed by atoms with Crippen molar-refractivity contribution in [2.24, 2.45) is 13.0 Å². The first-order valence-electron chi connectivity index (χ1n) is 11.1. The molecule has 1 atom stereocenters. The van der Waals surface area contributed by atoms with Gasteiger partial charge in [-0.25, -0.2) is 4.98 Å². The quantitative estimate of drug-likeness (QED) is 0.838. The lowest BCUT2D eigenvalue weighted by Crippen LogP contribution is -2.54. The molecule has 8 nitrogen and oxygen atoms in total. The molecule has 0 amide bonds. The first kappa shape index (κ1) is 19.2. The van der Waals surface area contributed by atoms with Gasteiger partial charge in [0.1, 0.15) is 11.2 Å². The van der Waals surface area contributed by atoms with Gasteiger partial charge in [-0.3, -0.25) is 19.3 Å². The Morgan fingerprint density at radius 2 is 2.03 bits per heavy atom. The molecule has 2 aliphatic heterocycles. The fraction of sp³-hybridized carbons (Fsp3) is 0.762. The lowest BCUT2D eigenvalue weighted by atomic mass is 9.88. The van der Waals surface area contributed by atoms with Crippen LogP contribution < -0.4 is 5.56 Å². The van der Waals surface area contributed by atoms with Crippen LogP contribution in [0.5, 0.6) is 0 Å². The van der Waals surface area contributed by atoms with Gasteiger partial charge in [0.2, 0.25) is 0 Å². The molecule has 1 unspecified atom stereocenters. The highest BCUT2D eigenvalue weighted by Crippen LogP contribution is 2.32. The van der Waals surface area contributed by atoms with Crippen molar-refractivity contribution in [1.29, 1.82) is 0 Å². The van der Waals surface area contributed by atoms with Gasteiger partial charge in [0.25, 0.3) is 5.56 Å². The Hall–Kier alpha value is -1.77. The molecule has 1 aliphatic carbocycles. The van der Waals surface area contributed by atoms with E-state index in [1.165, 1.54) is 38.6 Å². The standard InChI is InChI=1S/C21H32N6O2/c1-25-19-17(11-22-25)20(28)24-18(23-19)13-26-8-7-21(14-26)15-27(9-10-29-21)12-16-5-3-2-4-6-16/h11,16H,2-10,12-15H2,1H3,(H,23,24,28). The zero-order chi connectivity index (χ0) is 19.8. The van der Waals surface area contributed by atoms with E-state index in [0.717, 1.165) is 45.1 Å². The molecule has 0 bridgehead atoms. The van der Waals surface area contributed by atoms with Gasteiger partial charge in [-0.2, -0.15) is 5.10 Å². The zero-order valence-corrected chi connectivity index (χ0v) is 17.4. The van der Waals surface area contributed by atoms with E-state index < -0.39 is 0 Å². The maximum absolute atomic E-state index is 12.3. The first-order chi connectivity index (χ1) is 14.1. The van der Waals surface area contributed by atoms with Crippen LogP contribution in [-0.4, -0.2) is 74.5 Å². The van der Waals surface area contributed by atoms with Gasteiger partial charge in [0.15, 0.2) is 5.65 Å². The summed E-state index contributed by atoms with van der Waals surface area (Å²) in [7, 11) is 1.82. The maximum atomic E-state index is 12.3. The molecule has 4 heterocycles. The highest BCUT2D eigenvalue weighted by Gasteiger charge is 2.43. The number of H-pyrrole nitrogens is 1. The molecule has 3 fully saturated rings. The average Bonchev–Trinajstić information content (AvgIpc) is 3.27. The second kappa shape index (κ2) is 7.81. The van der Waals surface area contributed by atoms with Gasteiger partial charge in [-0.1, -0.05) is 19.3 Å². The summed E-state index contributed by atoms with van der Waals surface area (Å²) in [6.07, 6.45) is 9.64. The summed E-state index contributed by atoms with van der Waals surface area (Å²) < 4.78 is 7.98. The molecular formula is C21H32N6O2. The lowest BCUT2D eigenvalue weighted by molar-refractivity contribution is -0.105. The molecule has 2 saturated heterocycles. The lowest BCUT2D eigenvalue weighted by Gasteiger charge is -2.42. The van der Waals surface area contributed by atoms with Crippen LogP contribution in [0.2, 0.25) is 0 Å². The number of aryl methyl sites for hydroxylation is 1. The van der Waals surface area contributed by atoms with Crippen molar-refractivity contribution in [2.75, 3.05) is 39.3 Å². The van der Waals surface area contributed by atoms with Crippen molar-refractivity contribution < 1.29 is 4.74 Å². The number of fused-ring (bicyclic) bond motifs is 1. The molecule has 0 aromatic carbocycles. The Labute approximate surface area is 171 Å². The minimum Gasteiger partial charge on any atom is -0.371 e. The number of hydrogen-bond acceptors (Lipinski definition) is 6. The molecule has 5 rings (SSSR count). The second-order valence-electron chi connectivity index (χ2n) is 9.25. The van der Waals surface area contributed by atoms with Crippen LogP contribution in [0.4, 0.5) is 0 Å². The molecule has 1 spiro atoms. The number of morpholine rings is 1.